The third-order valence-electron chi connectivity index (χ3n) is 3.04. The Balaban J connectivity index is 1.96. The predicted octanol–water partition coefficient (Wildman–Crippen LogP) is 3.72. The molecule has 1 amide bonds. The number of nitrogens with one attached hydrogen (secondary N) is 1. The van der Waals surface area contributed by atoms with E-state index in [2.05, 4.69) is 14.9 Å². The number of aromatic nitrogens is 2. The molecule has 1 aromatic heterocycles. The average molecular weight is 307 g/mol. The van der Waals surface area contributed by atoms with Gasteiger partial charge in [-0.15, -0.1) is 5.10 Å². The lowest BCUT2D eigenvalue weighted by molar-refractivity contribution is -0.111. The highest BCUT2D eigenvalue weighted by atomic mass is 32.1. The number of nitrogens with zero attached hydrogens (tertiary/aromatic N) is 2. The van der Waals surface area contributed by atoms with Gasteiger partial charge in [-0.1, -0.05) is 65.2 Å². The minimum Gasteiger partial charge on any atom is -0.311 e. The number of hydrogen-bond acceptors (Lipinski definition) is 4. The molecule has 22 heavy (non-hydrogen) atoms. The molecule has 0 saturated carbocycles. The molecule has 0 aliphatic heterocycles. The molecule has 0 bridgehead atoms. The molecule has 4 nitrogen and oxygen atoms in total. The lowest BCUT2D eigenvalue weighted by atomic mass is 10.0. The van der Waals surface area contributed by atoms with Crippen molar-refractivity contribution in [3.63, 3.8) is 0 Å². The van der Waals surface area contributed by atoms with Crippen molar-refractivity contribution >= 4 is 34.1 Å². The van der Waals surface area contributed by atoms with E-state index in [1.54, 1.807) is 0 Å². The molecular formula is C17H13N3OS. The average Bonchev–Trinajstić information content (AvgIpc) is 3.07. The van der Waals surface area contributed by atoms with Gasteiger partial charge in [-0.3, -0.25) is 4.79 Å². The van der Waals surface area contributed by atoms with Crippen molar-refractivity contribution < 1.29 is 4.79 Å². The van der Waals surface area contributed by atoms with Crippen molar-refractivity contribution in [1.82, 2.24) is 9.59 Å². The SMILES string of the molecule is O=C(Nc1cnns1)/C(=C\c1ccccc1)c1ccccc1. The van der Waals surface area contributed by atoms with Gasteiger partial charge in [0.2, 0.25) is 0 Å². The van der Waals surface area contributed by atoms with Crippen molar-refractivity contribution in [2.24, 2.45) is 0 Å². The first-order valence-corrected chi connectivity index (χ1v) is 7.51. The Bertz CT molecular complexity index is 768. The maximum atomic E-state index is 12.6. The smallest absolute Gasteiger partial charge is 0.256 e. The predicted molar refractivity (Wildman–Crippen MR) is 89.3 cm³/mol. The first-order valence-electron chi connectivity index (χ1n) is 6.74. The number of benzene rings is 2. The minimum atomic E-state index is -0.180. The fraction of sp³-hybridized carbons (Fsp3) is 0. The lowest BCUT2D eigenvalue weighted by Crippen LogP contribution is -2.12. The first-order chi connectivity index (χ1) is 10.8. The molecule has 108 valence electrons. The number of amides is 1. The maximum absolute atomic E-state index is 12.6. The zero-order valence-corrected chi connectivity index (χ0v) is 12.5. The standard InChI is InChI=1S/C17H13N3OS/c21-17(19-16-12-18-20-22-16)15(14-9-5-2-6-10-14)11-13-7-3-1-4-8-13/h1-12H,(H,19,21)/b15-11-. The summed E-state index contributed by atoms with van der Waals surface area (Å²) in [7, 11) is 0. The van der Waals surface area contributed by atoms with Crippen LogP contribution in [0.3, 0.4) is 0 Å². The molecule has 0 aliphatic carbocycles. The highest BCUT2D eigenvalue weighted by Crippen LogP contribution is 2.21. The summed E-state index contributed by atoms with van der Waals surface area (Å²) < 4.78 is 3.75. The molecule has 0 saturated heterocycles. The number of carbonyl (C=O) groups excluding carboxylic acids is 1. The first kappa shape index (κ1) is 14.2. The van der Waals surface area contributed by atoms with Crippen LogP contribution in [0.1, 0.15) is 11.1 Å². The van der Waals surface area contributed by atoms with E-state index in [1.807, 2.05) is 66.7 Å². The van der Waals surface area contributed by atoms with Crippen LogP contribution in [0.4, 0.5) is 5.00 Å². The van der Waals surface area contributed by atoms with E-state index >= 15 is 0 Å². The molecule has 3 aromatic rings. The number of carbonyl (C=O) groups is 1. The van der Waals surface area contributed by atoms with Gasteiger partial charge in [0, 0.05) is 17.1 Å². The largest absolute Gasteiger partial charge is 0.311 e. The molecule has 3 rings (SSSR count). The summed E-state index contributed by atoms with van der Waals surface area (Å²) in [6, 6.07) is 19.3. The van der Waals surface area contributed by atoms with Gasteiger partial charge in [-0.2, -0.15) is 0 Å². The second-order valence-electron chi connectivity index (χ2n) is 4.57. The fourth-order valence-electron chi connectivity index (χ4n) is 2.02. The molecule has 0 aliphatic rings. The van der Waals surface area contributed by atoms with Crippen molar-refractivity contribution in [3.8, 4) is 0 Å². The summed E-state index contributed by atoms with van der Waals surface area (Å²) in [6.07, 6.45) is 3.41. The zero-order chi connectivity index (χ0) is 15.2. The molecule has 5 heteroatoms. The molecule has 0 fully saturated rings. The Labute approximate surface area is 132 Å². The zero-order valence-electron chi connectivity index (χ0n) is 11.6. The normalized spacial score (nSPS) is 11.2. The number of rotatable bonds is 4. The van der Waals surface area contributed by atoms with Gasteiger partial charge >= 0.3 is 0 Å². The van der Waals surface area contributed by atoms with Crippen LogP contribution in [-0.2, 0) is 4.79 Å². The van der Waals surface area contributed by atoms with Crippen LogP contribution in [0.25, 0.3) is 11.6 Å². The number of anilines is 1. The van der Waals surface area contributed by atoms with E-state index in [4.69, 9.17) is 0 Å². The Morgan fingerprint density at radius 1 is 1.00 bits per heavy atom. The summed E-state index contributed by atoms with van der Waals surface area (Å²) in [5.74, 6) is -0.180. The van der Waals surface area contributed by atoms with Crippen LogP contribution in [-0.4, -0.2) is 15.5 Å². The van der Waals surface area contributed by atoms with Gasteiger partial charge in [0.05, 0.1) is 6.20 Å². The van der Waals surface area contributed by atoms with E-state index < -0.39 is 0 Å². The summed E-state index contributed by atoms with van der Waals surface area (Å²) in [6.45, 7) is 0. The van der Waals surface area contributed by atoms with Crippen molar-refractivity contribution in [2.45, 2.75) is 0 Å². The van der Waals surface area contributed by atoms with E-state index in [0.29, 0.717) is 10.6 Å². The van der Waals surface area contributed by atoms with E-state index in [9.17, 15) is 4.79 Å². The third-order valence-corrected chi connectivity index (χ3v) is 3.62. The Kier molecular flexibility index (Phi) is 4.36. The van der Waals surface area contributed by atoms with E-state index in [1.165, 1.54) is 6.20 Å². The summed E-state index contributed by atoms with van der Waals surface area (Å²) in [5.41, 5.74) is 2.43. The maximum Gasteiger partial charge on any atom is 0.256 e. The topological polar surface area (TPSA) is 54.9 Å². The van der Waals surface area contributed by atoms with Gasteiger partial charge in [-0.05, 0) is 17.2 Å². The molecule has 2 aromatic carbocycles. The molecule has 0 unspecified atom stereocenters. The van der Waals surface area contributed by atoms with Gasteiger partial charge < -0.3 is 5.32 Å². The van der Waals surface area contributed by atoms with E-state index in [-0.39, 0.29) is 5.91 Å². The van der Waals surface area contributed by atoms with Gasteiger partial charge in [0.25, 0.3) is 5.91 Å². The molecule has 1 heterocycles. The fourth-order valence-corrected chi connectivity index (χ4v) is 2.43. The van der Waals surface area contributed by atoms with Crippen molar-refractivity contribution in [1.29, 1.82) is 0 Å². The quantitative estimate of drug-likeness (QED) is 0.590. The second-order valence-corrected chi connectivity index (χ2v) is 5.36. The van der Waals surface area contributed by atoms with Crippen LogP contribution in [0, 0.1) is 0 Å². The highest BCUT2D eigenvalue weighted by molar-refractivity contribution is 7.10. The van der Waals surface area contributed by atoms with Crippen molar-refractivity contribution in [2.75, 3.05) is 5.32 Å². The van der Waals surface area contributed by atoms with E-state index in [0.717, 1.165) is 22.7 Å². The number of hydrogen-bond donors (Lipinski definition) is 1. The van der Waals surface area contributed by atoms with Crippen LogP contribution in [0.5, 0.6) is 0 Å². The van der Waals surface area contributed by atoms with Crippen LogP contribution >= 0.6 is 11.5 Å². The van der Waals surface area contributed by atoms with Gasteiger partial charge in [0.15, 0.2) is 0 Å². The summed E-state index contributed by atoms with van der Waals surface area (Å²) in [4.78, 5) is 12.6. The van der Waals surface area contributed by atoms with Crippen LogP contribution in [0.2, 0.25) is 0 Å². The molecule has 0 atom stereocenters. The van der Waals surface area contributed by atoms with Gasteiger partial charge in [-0.25, -0.2) is 0 Å². The Morgan fingerprint density at radius 2 is 1.68 bits per heavy atom. The lowest BCUT2D eigenvalue weighted by Gasteiger charge is -2.08. The summed E-state index contributed by atoms with van der Waals surface area (Å²) in [5, 5.41) is 7.18. The Hall–Kier alpha value is -2.79. The summed E-state index contributed by atoms with van der Waals surface area (Å²) >= 11 is 1.15. The minimum absolute atomic E-state index is 0.180. The van der Waals surface area contributed by atoms with Crippen LogP contribution in [0.15, 0.2) is 66.9 Å². The monoisotopic (exact) mass is 307 g/mol. The second kappa shape index (κ2) is 6.78. The van der Waals surface area contributed by atoms with Crippen LogP contribution < -0.4 is 5.32 Å². The third kappa shape index (κ3) is 3.45. The molecular weight excluding hydrogens is 294 g/mol. The Morgan fingerprint density at radius 3 is 2.32 bits per heavy atom. The van der Waals surface area contributed by atoms with Crippen molar-refractivity contribution in [3.05, 3.63) is 78.0 Å². The molecule has 0 spiro atoms. The molecule has 1 N–H and O–H groups in total. The van der Waals surface area contributed by atoms with Gasteiger partial charge in [0.1, 0.15) is 5.00 Å². The highest BCUT2D eigenvalue weighted by Gasteiger charge is 2.13. The molecule has 0 radical (unpaired) electrons.